The second-order valence-corrected chi connectivity index (χ2v) is 14.4. The van der Waals surface area contributed by atoms with Crippen LogP contribution in [0.25, 0.3) is 0 Å². The molecular weight excluding hydrogens is 486 g/mol. The smallest absolute Gasteiger partial charge is 0.339 e. The molecular formula is C34H51NO4. The van der Waals surface area contributed by atoms with Crippen molar-refractivity contribution in [3.8, 4) is 0 Å². The van der Waals surface area contributed by atoms with Crippen LogP contribution in [0.15, 0.2) is 18.2 Å². The van der Waals surface area contributed by atoms with Crippen molar-refractivity contribution >= 4 is 11.8 Å². The molecule has 0 amide bonds. The molecule has 5 heteroatoms. The van der Waals surface area contributed by atoms with Crippen molar-refractivity contribution in [2.24, 2.45) is 52.1 Å². The lowest BCUT2D eigenvalue weighted by Gasteiger charge is -2.62. The summed E-state index contributed by atoms with van der Waals surface area (Å²) in [5.74, 6) is 2.94. The number of carbonyl (C=O) groups excluding carboxylic acids is 2. The zero-order valence-electron chi connectivity index (χ0n) is 24.9. The molecule has 0 bridgehead atoms. The molecule has 0 spiro atoms. The minimum absolute atomic E-state index is 0.0212. The minimum atomic E-state index is -0.415. The van der Waals surface area contributed by atoms with Crippen LogP contribution in [0, 0.1) is 60.2 Å². The average Bonchev–Trinajstić information content (AvgIpc) is 3.26. The van der Waals surface area contributed by atoms with Gasteiger partial charge < -0.3 is 15.6 Å². The van der Waals surface area contributed by atoms with Gasteiger partial charge in [0.2, 0.25) is 0 Å². The Hall–Kier alpha value is -1.72. The van der Waals surface area contributed by atoms with E-state index in [1.807, 2.05) is 32.0 Å². The molecule has 1 aromatic rings. The van der Waals surface area contributed by atoms with Crippen LogP contribution >= 0.6 is 0 Å². The van der Waals surface area contributed by atoms with Crippen LogP contribution in [0.4, 0.5) is 0 Å². The first-order valence-corrected chi connectivity index (χ1v) is 15.7. The first-order chi connectivity index (χ1) is 18.5. The highest BCUT2D eigenvalue weighted by atomic mass is 16.5. The molecule has 3 N–H and O–H groups in total. The molecule has 0 heterocycles. The highest BCUT2D eigenvalue weighted by molar-refractivity contribution is 5.94. The van der Waals surface area contributed by atoms with Crippen molar-refractivity contribution in [3.05, 3.63) is 34.9 Å². The molecule has 1 aromatic carbocycles. The number of rotatable bonds is 7. The van der Waals surface area contributed by atoms with Gasteiger partial charge in [-0.05, 0) is 129 Å². The van der Waals surface area contributed by atoms with Crippen LogP contribution < -0.4 is 5.73 Å². The zero-order chi connectivity index (χ0) is 28.1. The van der Waals surface area contributed by atoms with Crippen molar-refractivity contribution in [3.63, 3.8) is 0 Å². The molecule has 10 atom stereocenters. The Kier molecular flexibility index (Phi) is 8.07. The Bertz CT molecular complexity index is 1060. The van der Waals surface area contributed by atoms with E-state index in [1.54, 1.807) is 0 Å². The number of aryl methyl sites for hydroxylation is 2. The highest BCUT2D eigenvalue weighted by Crippen LogP contribution is 2.68. The van der Waals surface area contributed by atoms with E-state index in [-0.39, 0.29) is 23.9 Å². The van der Waals surface area contributed by atoms with Crippen LogP contribution in [0.2, 0.25) is 0 Å². The van der Waals surface area contributed by atoms with Crippen molar-refractivity contribution < 1.29 is 19.4 Å². The van der Waals surface area contributed by atoms with Gasteiger partial charge in [0, 0.05) is 12.5 Å². The summed E-state index contributed by atoms with van der Waals surface area (Å²) in [5.41, 5.74) is 8.93. The Balaban J connectivity index is 1.19. The van der Waals surface area contributed by atoms with Crippen LogP contribution in [0.3, 0.4) is 0 Å². The van der Waals surface area contributed by atoms with E-state index >= 15 is 0 Å². The van der Waals surface area contributed by atoms with Gasteiger partial charge in [0.1, 0.15) is 6.61 Å². The Morgan fingerprint density at radius 2 is 1.77 bits per heavy atom. The van der Waals surface area contributed by atoms with Crippen molar-refractivity contribution in [2.45, 2.75) is 111 Å². The molecule has 0 unspecified atom stereocenters. The number of esters is 1. The number of hydrogen-bond donors (Lipinski definition) is 2. The molecule has 216 valence electrons. The van der Waals surface area contributed by atoms with Gasteiger partial charge in [-0.1, -0.05) is 39.0 Å². The normalized spacial score (nSPS) is 40.2. The third-order valence-electron chi connectivity index (χ3n) is 12.5. The fourth-order valence-corrected chi connectivity index (χ4v) is 10.2. The first kappa shape index (κ1) is 28.8. The third kappa shape index (κ3) is 5.01. The van der Waals surface area contributed by atoms with E-state index < -0.39 is 5.97 Å². The number of hydrogen-bond acceptors (Lipinski definition) is 5. The van der Waals surface area contributed by atoms with Gasteiger partial charge in [-0.15, -0.1) is 0 Å². The summed E-state index contributed by atoms with van der Waals surface area (Å²) < 4.78 is 5.41. The summed E-state index contributed by atoms with van der Waals surface area (Å²) in [7, 11) is 0. The lowest BCUT2D eigenvalue weighted by molar-refractivity contribution is -0.169. The summed E-state index contributed by atoms with van der Waals surface area (Å²) in [6, 6.07) is 6.05. The fourth-order valence-electron chi connectivity index (χ4n) is 10.2. The summed E-state index contributed by atoms with van der Waals surface area (Å²) >= 11 is 0. The molecule has 0 aromatic heterocycles. The van der Waals surface area contributed by atoms with Crippen molar-refractivity contribution in [1.82, 2.24) is 0 Å². The molecule has 4 saturated carbocycles. The molecule has 0 radical (unpaired) electrons. The highest BCUT2D eigenvalue weighted by Gasteiger charge is 2.63. The summed E-state index contributed by atoms with van der Waals surface area (Å²) in [5, 5.41) is 11.8. The van der Waals surface area contributed by atoms with E-state index in [0.717, 1.165) is 43.2 Å². The maximum Gasteiger partial charge on any atom is 0.339 e. The quantitative estimate of drug-likeness (QED) is 0.393. The monoisotopic (exact) mass is 537 g/mol. The summed E-state index contributed by atoms with van der Waals surface area (Å²) in [4.78, 5) is 25.3. The lowest BCUT2D eigenvalue weighted by atomic mass is 9.43. The van der Waals surface area contributed by atoms with Crippen LogP contribution in [0.5, 0.6) is 0 Å². The van der Waals surface area contributed by atoms with E-state index in [2.05, 4.69) is 20.8 Å². The maximum atomic E-state index is 12.7. The first-order valence-electron chi connectivity index (χ1n) is 15.7. The van der Waals surface area contributed by atoms with Crippen molar-refractivity contribution in [1.29, 1.82) is 0 Å². The molecule has 5 nitrogen and oxygen atoms in total. The molecule has 0 saturated heterocycles. The Labute approximate surface area is 235 Å². The number of aliphatic hydroxyl groups is 1. The summed E-state index contributed by atoms with van der Waals surface area (Å²) in [6.45, 7) is 10.8. The summed E-state index contributed by atoms with van der Waals surface area (Å²) in [6.07, 6.45) is 10.3. The number of fused-ring (bicyclic) bond motifs is 5. The van der Waals surface area contributed by atoms with Crippen molar-refractivity contribution in [2.75, 3.05) is 6.61 Å². The standard InChI is InChI=1S/C34H51NO4/c1-20(9-11-25(36)19-39-32(38)31-21(2)7-6-8-22(31)3)27-13-14-28-26-12-10-23-17-24(35)15-16-33(23,4)29(26)18-30(37)34(27,28)5/h6-8,20,23-24,26-30,37H,9-19,35H2,1-5H3/t20-,23-,24-,26+,27-,28+,29+,30+,33+,34-/m1/s1. The second kappa shape index (κ2) is 10.9. The predicted octanol–water partition coefficient (Wildman–Crippen LogP) is 6.40. The van der Waals surface area contributed by atoms with E-state index in [0.29, 0.717) is 58.9 Å². The van der Waals surface area contributed by atoms with Crippen LogP contribution in [-0.4, -0.2) is 35.6 Å². The second-order valence-electron chi connectivity index (χ2n) is 14.4. The van der Waals surface area contributed by atoms with Gasteiger partial charge in [0.05, 0.1) is 11.7 Å². The van der Waals surface area contributed by atoms with Gasteiger partial charge >= 0.3 is 5.97 Å². The number of nitrogens with two attached hydrogens (primary N) is 1. The number of benzene rings is 1. The number of Topliss-reactive ketones (excluding diaryl/α,β-unsaturated/α-hetero) is 1. The predicted molar refractivity (Wildman–Crippen MR) is 154 cm³/mol. The van der Waals surface area contributed by atoms with E-state index in [1.165, 1.54) is 25.7 Å². The van der Waals surface area contributed by atoms with E-state index in [4.69, 9.17) is 10.5 Å². The third-order valence-corrected chi connectivity index (χ3v) is 12.5. The molecule has 4 aliphatic carbocycles. The van der Waals surface area contributed by atoms with Gasteiger partial charge in [-0.3, -0.25) is 4.79 Å². The molecule has 0 aliphatic heterocycles. The van der Waals surface area contributed by atoms with Crippen LogP contribution in [0.1, 0.15) is 106 Å². The topological polar surface area (TPSA) is 89.6 Å². The number of aliphatic hydroxyl groups excluding tert-OH is 1. The van der Waals surface area contributed by atoms with Gasteiger partial charge in [0.25, 0.3) is 0 Å². The number of ketones is 1. The molecule has 4 fully saturated rings. The zero-order valence-corrected chi connectivity index (χ0v) is 24.9. The largest absolute Gasteiger partial charge is 0.454 e. The van der Waals surface area contributed by atoms with Gasteiger partial charge in [0.15, 0.2) is 5.78 Å². The van der Waals surface area contributed by atoms with Gasteiger partial charge in [-0.2, -0.15) is 0 Å². The Morgan fingerprint density at radius 3 is 2.49 bits per heavy atom. The molecule has 39 heavy (non-hydrogen) atoms. The number of carbonyl (C=O) groups is 2. The Morgan fingerprint density at radius 1 is 1.05 bits per heavy atom. The molecule has 5 rings (SSSR count). The minimum Gasteiger partial charge on any atom is -0.454 e. The van der Waals surface area contributed by atoms with Crippen LogP contribution in [-0.2, 0) is 9.53 Å². The van der Waals surface area contributed by atoms with Gasteiger partial charge in [-0.25, -0.2) is 4.79 Å². The number of ether oxygens (including phenoxy) is 1. The lowest BCUT2D eigenvalue weighted by Crippen LogP contribution is -2.59. The maximum absolute atomic E-state index is 12.7. The SMILES string of the molecule is Cc1cccc(C)c1C(=O)OCC(=O)CC[C@@H](C)[C@H]1CC[C@H]2[C@@H]3CC[C@@H]4C[C@H](N)CC[C@]4(C)[C@H]3C[C@H](O)[C@]12C. The van der Waals surface area contributed by atoms with E-state index in [9.17, 15) is 14.7 Å². The fraction of sp³-hybridized carbons (Fsp3) is 0.765. The molecule has 4 aliphatic rings. The average molecular weight is 538 g/mol.